The summed E-state index contributed by atoms with van der Waals surface area (Å²) in [5.41, 5.74) is 1.23. The number of hydrogen-bond acceptors (Lipinski definition) is 2. The molecule has 1 aromatic rings. The van der Waals surface area contributed by atoms with E-state index in [1.54, 1.807) is 7.11 Å². The van der Waals surface area contributed by atoms with Crippen molar-refractivity contribution in [2.45, 2.75) is 12.2 Å². The van der Waals surface area contributed by atoms with Crippen LogP contribution in [0.1, 0.15) is 11.7 Å². The zero-order chi connectivity index (χ0) is 9.26. The smallest absolute Gasteiger partial charge is 0.112 e. The molecule has 2 atom stereocenters. The SMILES string of the molecule is COC[C@@H]1O[C@H]1c1ccc(Br)cc1. The monoisotopic (exact) mass is 242 g/mol. The minimum atomic E-state index is 0.244. The van der Waals surface area contributed by atoms with Gasteiger partial charge in [0.2, 0.25) is 0 Å². The molecule has 1 aliphatic rings. The number of methoxy groups -OCH3 is 1. The van der Waals surface area contributed by atoms with Gasteiger partial charge in [-0.05, 0) is 17.7 Å². The average molecular weight is 243 g/mol. The molecule has 0 amide bonds. The van der Waals surface area contributed by atoms with Gasteiger partial charge in [0.25, 0.3) is 0 Å². The molecule has 0 aromatic heterocycles. The Morgan fingerprint density at radius 2 is 2.08 bits per heavy atom. The summed E-state index contributed by atoms with van der Waals surface area (Å²) in [5.74, 6) is 0. The molecule has 1 aromatic carbocycles. The Labute approximate surface area is 86.0 Å². The molecule has 70 valence electrons. The fraction of sp³-hybridized carbons (Fsp3) is 0.400. The number of epoxide rings is 1. The second kappa shape index (κ2) is 3.78. The molecular formula is C10H11BrO2. The van der Waals surface area contributed by atoms with Crippen LogP contribution in [0.5, 0.6) is 0 Å². The number of benzene rings is 1. The van der Waals surface area contributed by atoms with Gasteiger partial charge in [-0.2, -0.15) is 0 Å². The summed E-state index contributed by atoms with van der Waals surface area (Å²) in [4.78, 5) is 0. The average Bonchev–Trinajstić information content (AvgIpc) is 2.86. The minimum Gasteiger partial charge on any atom is -0.382 e. The van der Waals surface area contributed by atoms with Gasteiger partial charge >= 0.3 is 0 Å². The molecule has 0 N–H and O–H groups in total. The number of ether oxygens (including phenoxy) is 2. The fourth-order valence-corrected chi connectivity index (χ4v) is 1.64. The van der Waals surface area contributed by atoms with E-state index >= 15 is 0 Å². The molecule has 13 heavy (non-hydrogen) atoms. The second-order valence-corrected chi connectivity index (χ2v) is 4.02. The first-order chi connectivity index (χ1) is 6.31. The Hall–Kier alpha value is -0.380. The summed E-state index contributed by atoms with van der Waals surface area (Å²) < 4.78 is 11.5. The van der Waals surface area contributed by atoms with Gasteiger partial charge in [0.1, 0.15) is 12.2 Å². The molecule has 0 spiro atoms. The molecular weight excluding hydrogens is 232 g/mol. The number of hydrogen-bond donors (Lipinski definition) is 0. The van der Waals surface area contributed by atoms with Gasteiger partial charge in [0.05, 0.1) is 6.61 Å². The summed E-state index contributed by atoms with van der Waals surface area (Å²) in [6, 6.07) is 8.20. The lowest BCUT2D eigenvalue weighted by atomic mass is 10.1. The number of rotatable bonds is 3. The van der Waals surface area contributed by atoms with Gasteiger partial charge < -0.3 is 9.47 Å². The van der Waals surface area contributed by atoms with E-state index < -0.39 is 0 Å². The van der Waals surface area contributed by atoms with E-state index in [2.05, 4.69) is 28.1 Å². The van der Waals surface area contributed by atoms with E-state index in [0.29, 0.717) is 6.61 Å². The van der Waals surface area contributed by atoms with Crippen molar-refractivity contribution in [1.29, 1.82) is 0 Å². The first-order valence-electron chi connectivity index (χ1n) is 4.21. The van der Waals surface area contributed by atoms with E-state index in [4.69, 9.17) is 9.47 Å². The minimum absolute atomic E-state index is 0.244. The van der Waals surface area contributed by atoms with Crippen LogP contribution in [0, 0.1) is 0 Å². The zero-order valence-corrected chi connectivity index (χ0v) is 8.95. The Bertz CT molecular complexity index is 283. The van der Waals surface area contributed by atoms with E-state index in [1.807, 2.05) is 12.1 Å². The van der Waals surface area contributed by atoms with E-state index in [9.17, 15) is 0 Å². The second-order valence-electron chi connectivity index (χ2n) is 3.10. The standard InChI is InChI=1S/C10H11BrO2/c1-12-6-9-10(13-9)7-2-4-8(11)5-3-7/h2-5,9-10H,6H2,1H3/t9-,10-/m0/s1. The first-order valence-corrected chi connectivity index (χ1v) is 5.00. The molecule has 1 saturated heterocycles. The lowest BCUT2D eigenvalue weighted by Crippen LogP contribution is -1.98. The molecule has 2 rings (SSSR count). The lowest BCUT2D eigenvalue weighted by molar-refractivity contribution is 0.171. The summed E-state index contributed by atoms with van der Waals surface area (Å²) in [6.45, 7) is 0.681. The van der Waals surface area contributed by atoms with Gasteiger partial charge in [-0.3, -0.25) is 0 Å². The summed E-state index contributed by atoms with van der Waals surface area (Å²) in [5, 5.41) is 0. The van der Waals surface area contributed by atoms with Crippen molar-refractivity contribution in [3.05, 3.63) is 34.3 Å². The molecule has 1 aliphatic heterocycles. The molecule has 0 aliphatic carbocycles. The van der Waals surface area contributed by atoms with Gasteiger partial charge in [-0.25, -0.2) is 0 Å². The highest BCUT2D eigenvalue weighted by Gasteiger charge is 2.39. The predicted octanol–water partition coefficient (Wildman–Crippen LogP) is 2.54. The Kier molecular flexibility index (Phi) is 2.67. The van der Waals surface area contributed by atoms with Gasteiger partial charge in [0, 0.05) is 11.6 Å². The van der Waals surface area contributed by atoms with Crippen molar-refractivity contribution in [2.75, 3.05) is 13.7 Å². The molecule has 1 fully saturated rings. The quantitative estimate of drug-likeness (QED) is 0.761. The Balaban J connectivity index is 2.00. The molecule has 0 bridgehead atoms. The molecule has 0 radical (unpaired) electrons. The fourth-order valence-electron chi connectivity index (χ4n) is 1.38. The van der Waals surface area contributed by atoms with Gasteiger partial charge in [-0.15, -0.1) is 0 Å². The molecule has 2 nitrogen and oxygen atoms in total. The van der Waals surface area contributed by atoms with Gasteiger partial charge in [-0.1, -0.05) is 28.1 Å². The molecule has 0 saturated carbocycles. The van der Waals surface area contributed by atoms with E-state index in [-0.39, 0.29) is 12.2 Å². The molecule has 3 heteroatoms. The molecule has 1 heterocycles. The largest absolute Gasteiger partial charge is 0.382 e. The van der Waals surface area contributed by atoms with Crippen LogP contribution in [-0.2, 0) is 9.47 Å². The summed E-state index contributed by atoms with van der Waals surface area (Å²) in [7, 11) is 1.69. The summed E-state index contributed by atoms with van der Waals surface area (Å²) in [6.07, 6.45) is 0.499. The van der Waals surface area contributed by atoms with Crippen LogP contribution < -0.4 is 0 Å². The maximum atomic E-state index is 5.44. The van der Waals surface area contributed by atoms with E-state index in [1.165, 1.54) is 5.56 Å². The van der Waals surface area contributed by atoms with E-state index in [0.717, 1.165) is 4.47 Å². The third kappa shape index (κ3) is 2.10. The zero-order valence-electron chi connectivity index (χ0n) is 7.37. The van der Waals surface area contributed by atoms with Crippen molar-refractivity contribution in [2.24, 2.45) is 0 Å². The Morgan fingerprint density at radius 3 is 2.69 bits per heavy atom. The van der Waals surface area contributed by atoms with Crippen molar-refractivity contribution >= 4 is 15.9 Å². The van der Waals surface area contributed by atoms with Crippen molar-refractivity contribution in [3.8, 4) is 0 Å². The highest BCUT2D eigenvalue weighted by atomic mass is 79.9. The van der Waals surface area contributed by atoms with Gasteiger partial charge in [0.15, 0.2) is 0 Å². The first kappa shape index (κ1) is 9.19. The molecule has 0 unspecified atom stereocenters. The predicted molar refractivity (Wildman–Crippen MR) is 53.6 cm³/mol. The Morgan fingerprint density at radius 1 is 1.38 bits per heavy atom. The van der Waals surface area contributed by atoms with Crippen LogP contribution >= 0.6 is 15.9 Å². The number of halogens is 1. The van der Waals surface area contributed by atoms with Crippen LogP contribution in [0.15, 0.2) is 28.7 Å². The van der Waals surface area contributed by atoms with Crippen LogP contribution in [-0.4, -0.2) is 19.8 Å². The van der Waals surface area contributed by atoms with Crippen LogP contribution in [0.3, 0.4) is 0 Å². The maximum Gasteiger partial charge on any atom is 0.112 e. The van der Waals surface area contributed by atoms with Crippen molar-refractivity contribution in [1.82, 2.24) is 0 Å². The van der Waals surface area contributed by atoms with Crippen LogP contribution in [0.4, 0.5) is 0 Å². The third-order valence-corrected chi connectivity index (χ3v) is 2.64. The van der Waals surface area contributed by atoms with Crippen molar-refractivity contribution < 1.29 is 9.47 Å². The maximum absolute atomic E-state index is 5.44. The normalized spacial score (nSPS) is 26.0. The van der Waals surface area contributed by atoms with Crippen LogP contribution in [0.25, 0.3) is 0 Å². The third-order valence-electron chi connectivity index (χ3n) is 2.11. The van der Waals surface area contributed by atoms with Crippen molar-refractivity contribution in [3.63, 3.8) is 0 Å². The lowest BCUT2D eigenvalue weighted by Gasteiger charge is -1.95. The highest BCUT2D eigenvalue weighted by molar-refractivity contribution is 9.10. The highest BCUT2D eigenvalue weighted by Crippen LogP contribution is 2.38. The topological polar surface area (TPSA) is 21.8 Å². The summed E-state index contributed by atoms with van der Waals surface area (Å²) >= 11 is 3.40. The van der Waals surface area contributed by atoms with Crippen LogP contribution in [0.2, 0.25) is 0 Å².